The molecule has 5 aromatic rings. The summed E-state index contributed by atoms with van der Waals surface area (Å²) >= 11 is 0. The zero-order valence-electron chi connectivity index (χ0n) is 21.1. The Morgan fingerprint density at radius 1 is 0.649 bits per heavy atom. The molecule has 0 radical (unpaired) electrons. The van der Waals surface area contributed by atoms with Crippen LogP contribution in [0.3, 0.4) is 0 Å². The lowest BCUT2D eigenvalue weighted by Gasteiger charge is -2.31. The van der Waals surface area contributed by atoms with Gasteiger partial charge in [-0.15, -0.1) is 0 Å². The number of pyridine rings is 2. The van der Waals surface area contributed by atoms with E-state index in [-0.39, 0.29) is 0 Å². The molecule has 0 aliphatic carbocycles. The highest BCUT2D eigenvalue weighted by Crippen LogP contribution is 2.42. The second kappa shape index (κ2) is 8.97. The molecule has 2 heteroatoms. The first-order valence-electron chi connectivity index (χ1n) is 13.2. The van der Waals surface area contributed by atoms with Gasteiger partial charge in [0, 0.05) is 35.2 Å². The van der Waals surface area contributed by atoms with Crippen molar-refractivity contribution in [1.29, 1.82) is 0 Å². The minimum absolute atomic E-state index is 0.353. The van der Waals surface area contributed by atoms with E-state index >= 15 is 0 Å². The van der Waals surface area contributed by atoms with Crippen LogP contribution in [0.25, 0.3) is 39.8 Å². The van der Waals surface area contributed by atoms with E-state index < -0.39 is 0 Å². The molecule has 2 unspecified atom stereocenters. The number of aromatic nitrogens is 2. The lowest BCUT2D eigenvalue weighted by atomic mass is 9.78. The molecule has 0 bridgehead atoms. The van der Waals surface area contributed by atoms with E-state index in [9.17, 15) is 0 Å². The molecular weight excluding hydrogens is 448 g/mol. The summed E-state index contributed by atoms with van der Waals surface area (Å²) in [7, 11) is 0. The highest BCUT2D eigenvalue weighted by Gasteiger charge is 2.40. The summed E-state index contributed by atoms with van der Waals surface area (Å²) in [4.78, 5) is 0. The van der Waals surface area contributed by atoms with E-state index in [4.69, 9.17) is 0 Å². The zero-order chi connectivity index (χ0) is 24.8. The smallest absolute Gasteiger partial charge is 0.194 e. The molecule has 2 aliphatic heterocycles. The van der Waals surface area contributed by atoms with Crippen LogP contribution in [0.2, 0.25) is 0 Å². The molecule has 2 nitrogen and oxygen atoms in total. The van der Waals surface area contributed by atoms with Crippen LogP contribution in [0, 0.1) is 6.92 Å². The van der Waals surface area contributed by atoms with Crippen molar-refractivity contribution in [2.24, 2.45) is 0 Å². The second-order valence-electron chi connectivity index (χ2n) is 10.3. The van der Waals surface area contributed by atoms with Crippen LogP contribution in [-0.2, 0) is 6.42 Å². The SMILES string of the molecule is Cc1ccc2[n+](c1)C1Cc3ccccc3-c3ccc(-c4ccccc4)c[n+]3/C=C/CC1c1ccccc1-2. The van der Waals surface area contributed by atoms with Crippen LogP contribution in [0.1, 0.15) is 35.1 Å². The van der Waals surface area contributed by atoms with E-state index in [2.05, 4.69) is 144 Å². The Balaban J connectivity index is 1.42. The molecule has 178 valence electrons. The number of hydrogen-bond acceptors (Lipinski definition) is 0. The molecule has 0 saturated carbocycles. The summed E-state index contributed by atoms with van der Waals surface area (Å²) < 4.78 is 4.88. The number of hydrogen-bond donors (Lipinski definition) is 0. The van der Waals surface area contributed by atoms with Gasteiger partial charge in [-0.25, -0.2) is 0 Å². The van der Waals surface area contributed by atoms with Crippen LogP contribution >= 0.6 is 0 Å². The molecular formula is C35H30N2+2. The molecule has 0 spiro atoms. The van der Waals surface area contributed by atoms with Crippen molar-refractivity contribution in [2.45, 2.75) is 31.7 Å². The highest BCUT2D eigenvalue weighted by atomic mass is 15.0. The predicted octanol–water partition coefficient (Wildman–Crippen LogP) is 7.33. The molecule has 0 fully saturated rings. The molecule has 0 amide bonds. The average molecular weight is 479 g/mol. The zero-order valence-corrected chi connectivity index (χ0v) is 21.1. The molecule has 0 N–H and O–H groups in total. The van der Waals surface area contributed by atoms with Crippen LogP contribution in [-0.4, -0.2) is 0 Å². The number of benzene rings is 3. The largest absolute Gasteiger partial charge is 0.218 e. The Labute approximate surface area is 218 Å². The van der Waals surface area contributed by atoms with Gasteiger partial charge in [0.25, 0.3) is 0 Å². The normalized spacial score (nSPS) is 18.4. The van der Waals surface area contributed by atoms with Gasteiger partial charge in [-0.1, -0.05) is 66.7 Å². The van der Waals surface area contributed by atoms with Gasteiger partial charge in [0.05, 0.1) is 11.5 Å². The fourth-order valence-corrected chi connectivity index (χ4v) is 6.28. The summed E-state index contributed by atoms with van der Waals surface area (Å²) in [6, 6.07) is 38.1. The van der Waals surface area contributed by atoms with Gasteiger partial charge in [0.1, 0.15) is 0 Å². The molecule has 2 aliphatic rings. The van der Waals surface area contributed by atoms with Crippen molar-refractivity contribution < 1.29 is 9.13 Å². The lowest BCUT2D eigenvalue weighted by molar-refractivity contribution is -0.718. The van der Waals surface area contributed by atoms with Gasteiger partial charge in [0.15, 0.2) is 24.6 Å². The minimum Gasteiger partial charge on any atom is -0.194 e. The molecule has 37 heavy (non-hydrogen) atoms. The third kappa shape index (κ3) is 3.81. The van der Waals surface area contributed by atoms with Crippen molar-refractivity contribution in [3.63, 3.8) is 0 Å². The molecule has 3 aromatic carbocycles. The number of nitrogens with zero attached hydrogens (tertiary/aromatic N) is 2. The Bertz CT molecular complexity index is 1650. The Kier molecular flexibility index (Phi) is 5.32. The van der Waals surface area contributed by atoms with Crippen LogP contribution in [0.5, 0.6) is 0 Å². The van der Waals surface area contributed by atoms with E-state index in [1.54, 1.807) is 0 Å². The monoisotopic (exact) mass is 478 g/mol. The first-order valence-corrected chi connectivity index (χ1v) is 13.2. The van der Waals surface area contributed by atoms with Crippen molar-refractivity contribution in [3.8, 4) is 33.6 Å². The number of fused-ring (bicyclic) bond motifs is 9. The van der Waals surface area contributed by atoms with E-state index in [1.165, 1.54) is 50.3 Å². The second-order valence-corrected chi connectivity index (χ2v) is 10.3. The van der Waals surface area contributed by atoms with Crippen molar-refractivity contribution in [1.82, 2.24) is 0 Å². The maximum Gasteiger partial charge on any atom is 0.218 e. The Morgan fingerprint density at radius 2 is 1.41 bits per heavy atom. The number of rotatable bonds is 1. The van der Waals surface area contributed by atoms with Gasteiger partial charge < -0.3 is 0 Å². The summed E-state index contributed by atoms with van der Waals surface area (Å²) in [6.07, 6.45) is 11.3. The maximum atomic E-state index is 2.56. The highest BCUT2D eigenvalue weighted by molar-refractivity contribution is 5.68. The first-order chi connectivity index (χ1) is 18.3. The fraction of sp³-hybridized carbons (Fsp3) is 0.143. The van der Waals surface area contributed by atoms with Crippen molar-refractivity contribution >= 4 is 6.20 Å². The van der Waals surface area contributed by atoms with Gasteiger partial charge in [-0.3, -0.25) is 0 Å². The summed E-state index contributed by atoms with van der Waals surface area (Å²) in [5, 5.41) is 0. The third-order valence-corrected chi connectivity index (χ3v) is 8.05. The molecule has 2 aromatic heterocycles. The quantitative estimate of drug-likeness (QED) is 0.223. The van der Waals surface area contributed by atoms with E-state index in [0.717, 1.165) is 12.8 Å². The van der Waals surface area contributed by atoms with Gasteiger partial charge in [0.2, 0.25) is 11.4 Å². The van der Waals surface area contributed by atoms with Crippen LogP contribution in [0.4, 0.5) is 0 Å². The summed E-state index contributed by atoms with van der Waals surface area (Å²) in [5.41, 5.74) is 11.8. The van der Waals surface area contributed by atoms with E-state index in [1.807, 2.05) is 0 Å². The summed E-state index contributed by atoms with van der Waals surface area (Å²) in [6.45, 7) is 2.20. The first kappa shape index (κ1) is 21.9. The fourth-order valence-electron chi connectivity index (χ4n) is 6.28. The Morgan fingerprint density at radius 3 is 2.30 bits per heavy atom. The standard InChI is InChI=1S/C35H30N2/c1-25-17-19-34-31-15-8-7-14-30(31)32-16-9-21-36-24-28(26-10-3-2-4-11-26)18-20-33(36)29-13-6-5-12-27(29)22-35(32)37(34)23-25/h2-15,17-21,23-24,32,35H,16,22H2,1H3/q+2/b21-9+. The van der Waals surface area contributed by atoms with Crippen LogP contribution < -0.4 is 9.13 Å². The molecule has 0 saturated heterocycles. The third-order valence-electron chi connectivity index (χ3n) is 8.05. The van der Waals surface area contributed by atoms with E-state index in [0.29, 0.717) is 12.0 Å². The lowest BCUT2D eigenvalue weighted by Crippen LogP contribution is -2.48. The van der Waals surface area contributed by atoms with Gasteiger partial charge in [-0.2, -0.15) is 9.13 Å². The maximum absolute atomic E-state index is 2.56. The molecule has 2 atom stereocenters. The predicted molar refractivity (Wildman–Crippen MR) is 150 cm³/mol. The van der Waals surface area contributed by atoms with Gasteiger partial charge in [-0.05, 0) is 60.4 Å². The van der Waals surface area contributed by atoms with Crippen molar-refractivity contribution in [2.75, 3.05) is 0 Å². The number of allylic oxidation sites excluding steroid dienone is 1. The topological polar surface area (TPSA) is 7.76 Å². The molecule has 7 rings (SSSR count). The van der Waals surface area contributed by atoms with Crippen LogP contribution in [0.15, 0.2) is 122 Å². The summed E-state index contributed by atoms with van der Waals surface area (Å²) in [5.74, 6) is 0.402. The van der Waals surface area contributed by atoms with Crippen molar-refractivity contribution in [3.05, 3.63) is 138 Å². The van der Waals surface area contributed by atoms with Gasteiger partial charge >= 0.3 is 0 Å². The minimum atomic E-state index is 0.353. The Hall–Kier alpha value is -4.30. The molecule has 4 heterocycles. The average Bonchev–Trinajstić information content (AvgIpc) is 2.95. The number of aryl methyl sites for hydroxylation is 1.